The Morgan fingerprint density at radius 3 is 2.29 bits per heavy atom. The average Bonchev–Trinajstić information content (AvgIpc) is 2.45. The topological polar surface area (TPSA) is 20.3 Å². The van der Waals surface area contributed by atoms with E-state index in [0.29, 0.717) is 12.6 Å². The van der Waals surface area contributed by atoms with Crippen molar-refractivity contribution in [2.75, 3.05) is 13.1 Å². The Bertz CT molecular complexity index is 161. The Morgan fingerprint density at radius 1 is 1.14 bits per heavy atom. The molecule has 0 N–H and O–H groups in total. The Labute approximate surface area is 87.0 Å². The molecule has 80 valence electrons. The zero-order valence-electron chi connectivity index (χ0n) is 8.95. The van der Waals surface area contributed by atoms with Gasteiger partial charge in [0.1, 0.15) is 6.29 Å². The maximum absolute atomic E-state index is 10.5. The first-order chi connectivity index (χ1) is 6.88. The molecule has 14 heavy (non-hydrogen) atoms. The van der Waals surface area contributed by atoms with Crippen LogP contribution in [0.1, 0.15) is 38.5 Å². The molecule has 0 unspecified atom stereocenters. The molecule has 1 aliphatic carbocycles. The van der Waals surface area contributed by atoms with Crippen LogP contribution in [0.2, 0.25) is 0 Å². The zero-order chi connectivity index (χ0) is 10.2. The maximum Gasteiger partial charge on any atom is 0.134 e. The number of hydrogen-bond donors (Lipinski definition) is 0. The Hall–Kier alpha value is -0.630. The van der Waals surface area contributed by atoms with Crippen molar-refractivity contribution in [3.8, 4) is 0 Å². The smallest absolute Gasteiger partial charge is 0.134 e. The van der Waals surface area contributed by atoms with Crippen LogP contribution < -0.4 is 0 Å². The summed E-state index contributed by atoms with van der Waals surface area (Å²) in [6, 6.07) is 0.612. The summed E-state index contributed by atoms with van der Waals surface area (Å²) in [5.41, 5.74) is 0. The molecular weight excluding hydrogens is 174 g/mol. The van der Waals surface area contributed by atoms with Gasteiger partial charge in [-0.2, -0.15) is 0 Å². The van der Waals surface area contributed by atoms with Crippen molar-refractivity contribution >= 4 is 6.29 Å². The van der Waals surface area contributed by atoms with E-state index in [0.717, 1.165) is 12.8 Å². The van der Waals surface area contributed by atoms with Crippen molar-refractivity contribution in [3.05, 3.63) is 12.7 Å². The van der Waals surface area contributed by atoms with Gasteiger partial charge < -0.3 is 4.79 Å². The summed E-state index contributed by atoms with van der Waals surface area (Å²) in [5, 5.41) is 0. The fourth-order valence-electron chi connectivity index (χ4n) is 2.26. The minimum atomic E-state index is 0.566. The highest BCUT2D eigenvalue weighted by Crippen LogP contribution is 2.21. The minimum Gasteiger partial charge on any atom is -0.302 e. The fraction of sp³-hybridized carbons (Fsp3) is 0.750. The number of carbonyl (C=O) groups is 1. The summed E-state index contributed by atoms with van der Waals surface area (Å²) < 4.78 is 0. The summed E-state index contributed by atoms with van der Waals surface area (Å²) in [6.07, 6.45) is 10.8. The van der Waals surface area contributed by atoms with Gasteiger partial charge in [-0.15, -0.1) is 6.58 Å². The molecule has 0 aromatic rings. The minimum absolute atomic E-state index is 0.566. The van der Waals surface area contributed by atoms with Gasteiger partial charge in [-0.05, 0) is 12.8 Å². The molecule has 0 radical (unpaired) electrons. The zero-order valence-corrected chi connectivity index (χ0v) is 8.95. The molecule has 1 fully saturated rings. The van der Waals surface area contributed by atoms with Crippen LogP contribution >= 0.6 is 0 Å². The first kappa shape index (κ1) is 11.4. The number of carbonyl (C=O) groups excluding carboxylic acids is 1. The van der Waals surface area contributed by atoms with Gasteiger partial charge in [-0.25, -0.2) is 0 Å². The van der Waals surface area contributed by atoms with Gasteiger partial charge in [0.25, 0.3) is 0 Å². The van der Waals surface area contributed by atoms with Crippen LogP contribution in [-0.4, -0.2) is 30.3 Å². The number of hydrogen-bond acceptors (Lipinski definition) is 2. The van der Waals surface area contributed by atoms with Crippen molar-refractivity contribution in [1.82, 2.24) is 4.90 Å². The third kappa shape index (κ3) is 3.62. The second-order valence-corrected chi connectivity index (χ2v) is 4.05. The molecular formula is C12H21NO. The lowest BCUT2D eigenvalue weighted by atomic mass is 10.1. The normalized spacial score (nSPS) is 19.2. The molecule has 0 amide bonds. The highest BCUT2D eigenvalue weighted by Gasteiger charge is 2.18. The van der Waals surface area contributed by atoms with E-state index in [9.17, 15) is 4.79 Å². The highest BCUT2D eigenvalue weighted by molar-refractivity contribution is 5.52. The predicted octanol–water partition coefficient (Wildman–Crippen LogP) is 2.40. The lowest BCUT2D eigenvalue weighted by Crippen LogP contribution is -2.36. The van der Waals surface area contributed by atoms with Gasteiger partial charge in [-0.3, -0.25) is 4.90 Å². The van der Waals surface area contributed by atoms with E-state index in [-0.39, 0.29) is 0 Å². The van der Waals surface area contributed by atoms with Crippen molar-refractivity contribution in [2.45, 2.75) is 44.6 Å². The van der Waals surface area contributed by atoms with Gasteiger partial charge in [0.15, 0.2) is 0 Å². The van der Waals surface area contributed by atoms with Crippen LogP contribution in [0.15, 0.2) is 12.7 Å². The van der Waals surface area contributed by atoms with Gasteiger partial charge in [0.2, 0.25) is 0 Å². The summed E-state index contributed by atoms with van der Waals surface area (Å²) in [6.45, 7) is 5.16. The van der Waals surface area contributed by atoms with Gasteiger partial charge in [0.05, 0.1) is 6.54 Å². The first-order valence-electron chi connectivity index (χ1n) is 5.67. The molecule has 1 aliphatic rings. The quantitative estimate of drug-likeness (QED) is 0.381. The Kier molecular flexibility index (Phi) is 5.53. The predicted molar refractivity (Wildman–Crippen MR) is 59.3 cm³/mol. The molecule has 0 aromatic carbocycles. The fourth-order valence-corrected chi connectivity index (χ4v) is 2.26. The largest absolute Gasteiger partial charge is 0.302 e. The van der Waals surface area contributed by atoms with E-state index in [1.165, 1.54) is 38.5 Å². The van der Waals surface area contributed by atoms with Crippen LogP contribution in [0.3, 0.4) is 0 Å². The molecule has 0 spiro atoms. The highest BCUT2D eigenvalue weighted by atomic mass is 16.1. The van der Waals surface area contributed by atoms with Gasteiger partial charge in [-0.1, -0.05) is 31.8 Å². The van der Waals surface area contributed by atoms with E-state index in [1.807, 2.05) is 6.08 Å². The summed E-state index contributed by atoms with van der Waals surface area (Å²) in [4.78, 5) is 12.8. The summed E-state index contributed by atoms with van der Waals surface area (Å²) in [7, 11) is 0. The standard InChI is InChI=1S/C12H21NO/c1-2-9-13(10-11-14)12-7-5-3-4-6-8-12/h2,11-12H,1,3-10H2. The Balaban J connectivity index is 2.45. The Morgan fingerprint density at radius 2 is 1.79 bits per heavy atom. The van der Waals surface area contributed by atoms with Crippen LogP contribution in [0.4, 0.5) is 0 Å². The van der Waals surface area contributed by atoms with Gasteiger partial charge in [0, 0.05) is 12.6 Å². The first-order valence-corrected chi connectivity index (χ1v) is 5.67. The van der Waals surface area contributed by atoms with Gasteiger partial charge >= 0.3 is 0 Å². The van der Waals surface area contributed by atoms with E-state index >= 15 is 0 Å². The third-order valence-corrected chi connectivity index (χ3v) is 3.01. The lowest BCUT2D eigenvalue weighted by Gasteiger charge is -2.28. The van der Waals surface area contributed by atoms with Crippen molar-refractivity contribution in [1.29, 1.82) is 0 Å². The number of rotatable bonds is 5. The molecule has 0 atom stereocenters. The van der Waals surface area contributed by atoms with Crippen molar-refractivity contribution in [2.24, 2.45) is 0 Å². The molecule has 0 heterocycles. The lowest BCUT2D eigenvalue weighted by molar-refractivity contribution is -0.109. The van der Waals surface area contributed by atoms with Crippen LogP contribution in [0.5, 0.6) is 0 Å². The van der Waals surface area contributed by atoms with Crippen LogP contribution in [0.25, 0.3) is 0 Å². The molecule has 1 rings (SSSR count). The van der Waals surface area contributed by atoms with Crippen molar-refractivity contribution < 1.29 is 4.79 Å². The monoisotopic (exact) mass is 195 g/mol. The summed E-state index contributed by atoms with van der Waals surface area (Å²) >= 11 is 0. The van der Waals surface area contributed by atoms with E-state index in [4.69, 9.17) is 0 Å². The van der Waals surface area contributed by atoms with E-state index in [2.05, 4.69) is 11.5 Å². The third-order valence-electron chi connectivity index (χ3n) is 3.01. The maximum atomic E-state index is 10.5. The van der Waals surface area contributed by atoms with E-state index in [1.54, 1.807) is 0 Å². The summed E-state index contributed by atoms with van der Waals surface area (Å²) in [5.74, 6) is 0. The van der Waals surface area contributed by atoms with Crippen LogP contribution in [0, 0.1) is 0 Å². The second-order valence-electron chi connectivity index (χ2n) is 4.05. The molecule has 0 saturated heterocycles. The van der Waals surface area contributed by atoms with Crippen LogP contribution in [-0.2, 0) is 4.79 Å². The SMILES string of the molecule is C=CCN(CC=O)C1CCCCCC1. The molecule has 0 bridgehead atoms. The molecule has 0 aromatic heterocycles. The number of nitrogens with zero attached hydrogens (tertiary/aromatic N) is 1. The number of aldehydes is 1. The molecule has 0 aliphatic heterocycles. The van der Waals surface area contributed by atoms with E-state index < -0.39 is 0 Å². The second kappa shape index (κ2) is 6.77. The molecule has 2 nitrogen and oxygen atoms in total. The van der Waals surface area contributed by atoms with Crippen molar-refractivity contribution in [3.63, 3.8) is 0 Å². The molecule has 2 heteroatoms. The average molecular weight is 195 g/mol. The molecule has 1 saturated carbocycles.